The van der Waals surface area contributed by atoms with Gasteiger partial charge in [0, 0.05) is 25.0 Å². The van der Waals surface area contributed by atoms with Crippen molar-refractivity contribution < 1.29 is 4.74 Å². The first kappa shape index (κ1) is 14.1. The van der Waals surface area contributed by atoms with Crippen LogP contribution in [0, 0.1) is 11.8 Å². The van der Waals surface area contributed by atoms with E-state index in [4.69, 9.17) is 10.5 Å². The van der Waals surface area contributed by atoms with Crippen LogP contribution in [-0.4, -0.2) is 26.0 Å². The summed E-state index contributed by atoms with van der Waals surface area (Å²) in [6, 6.07) is 8.33. The van der Waals surface area contributed by atoms with Crippen molar-refractivity contribution in [1.29, 1.82) is 0 Å². The van der Waals surface area contributed by atoms with Crippen LogP contribution in [0.2, 0.25) is 0 Å². The molecule has 0 aliphatic heterocycles. The summed E-state index contributed by atoms with van der Waals surface area (Å²) in [6.07, 6.45) is 1.10. The van der Waals surface area contributed by atoms with Gasteiger partial charge in [-0.2, -0.15) is 11.8 Å². The van der Waals surface area contributed by atoms with Crippen molar-refractivity contribution in [3.63, 3.8) is 0 Å². The first-order valence-corrected chi connectivity index (χ1v) is 6.87. The Morgan fingerprint density at radius 2 is 2.29 bits per heavy atom. The number of benzene rings is 1. The van der Waals surface area contributed by atoms with Gasteiger partial charge in [0.2, 0.25) is 0 Å². The topological polar surface area (TPSA) is 35.2 Å². The molecule has 1 rings (SSSR count). The number of ether oxygens (including phenoxy) is 1. The molecule has 1 aromatic carbocycles. The van der Waals surface area contributed by atoms with Crippen molar-refractivity contribution in [2.75, 3.05) is 26.0 Å². The van der Waals surface area contributed by atoms with E-state index in [9.17, 15) is 0 Å². The van der Waals surface area contributed by atoms with E-state index < -0.39 is 0 Å². The summed E-state index contributed by atoms with van der Waals surface area (Å²) in [5.41, 5.74) is 7.71. The molecule has 2 N–H and O–H groups in total. The third-order valence-corrected chi connectivity index (χ3v) is 3.28. The van der Waals surface area contributed by atoms with Crippen molar-refractivity contribution >= 4 is 11.8 Å². The van der Waals surface area contributed by atoms with E-state index in [-0.39, 0.29) is 0 Å². The lowest BCUT2D eigenvalue weighted by Crippen LogP contribution is -1.93. The highest BCUT2D eigenvalue weighted by Crippen LogP contribution is 2.14. The van der Waals surface area contributed by atoms with Crippen molar-refractivity contribution in [2.24, 2.45) is 5.73 Å². The van der Waals surface area contributed by atoms with Crippen LogP contribution in [0.5, 0.6) is 0 Å². The van der Waals surface area contributed by atoms with E-state index in [0.29, 0.717) is 6.54 Å². The molecular weight excluding hydrogens is 230 g/mol. The number of hydrogen-bond acceptors (Lipinski definition) is 3. The van der Waals surface area contributed by atoms with Crippen LogP contribution in [0.4, 0.5) is 0 Å². The first-order valence-electron chi connectivity index (χ1n) is 5.71. The van der Waals surface area contributed by atoms with Gasteiger partial charge in [0.05, 0.1) is 6.54 Å². The summed E-state index contributed by atoms with van der Waals surface area (Å²) in [7, 11) is 1.74. The van der Waals surface area contributed by atoms with Gasteiger partial charge in [-0.1, -0.05) is 24.0 Å². The Balaban J connectivity index is 2.38. The zero-order chi connectivity index (χ0) is 12.3. The predicted octanol–water partition coefficient (Wildman–Crippen LogP) is 2.27. The highest BCUT2D eigenvalue weighted by molar-refractivity contribution is 7.98. The molecule has 0 atom stereocenters. The van der Waals surface area contributed by atoms with E-state index in [0.717, 1.165) is 30.1 Å². The minimum atomic E-state index is 0.413. The molecule has 1 aromatic rings. The molecule has 3 heteroatoms. The second kappa shape index (κ2) is 9.12. The largest absolute Gasteiger partial charge is 0.385 e. The SMILES string of the molecule is COCCCSCc1cccc(C#CCN)c1. The fraction of sp³-hybridized carbons (Fsp3) is 0.429. The van der Waals surface area contributed by atoms with Crippen molar-refractivity contribution in [3.8, 4) is 11.8 Å². The molecule has 0 spiro atoms. The van der Waals surface area contributed by atoms with Gasteiger partial charge in [-0.15, -0.1) is 0 Å². The summed E-state index contributed by atoms with van der Waals surface area (Å²) >= 11 is 1.93. The zero-order valence-corrected chi connectivity index (χ0v) is 11.1. The number of hydrogen-bond donors (Lipinski definition) is 1. The molecule has 2 nitrogen and oxygen atoms in total. The summed E-state index contributed by atoms with van der Waals surface area (Å²) in [5, 5.41) is 0. The van der Waals surface area contributed by atoms with E-state index in [1.54, 1.807) is 7.11 Å². The minimum Gasteiger partial charge on any atom is -0.385 e. The van der Waals surface area contributed by atoms with Crippen molar-refractivity contribution in [1.82, 2.24) is 0 Å². The van der Waals surface area contributed by atoms with Gasteiger partial charge in [0.1, 0.15) is 0 Å². The quantitative estimate of drug-likeness (QED) is 0.620. The molecule has 0 aliphatic carbocycles. The van der Waals surface area contributed by atoms with Crippen LogP contribution in [0.1, 0.15) is 17.5 Å². The molecule has 0 saturated heterocycles. The maximum absolute atomic E-state index is 5.35. The van der Waals surface area contributed by atoms with Crippen LogP contribution in [-0.2, 0) is 10.5 Å². The van der Waals surface area contributed by atoms with Crippen LogP contribution in [0.15, 0.2) is 24.3 Å². The summed E-state index contributed by atoms with van der Waals surface area (Å²) < 4.78 is 5.01. The third kappa shape index (κ3) is 6.38. The average Bonchev–Trinajstić information content (AvgIpc) is 2.37. The molecule has 0 fully saturated rings. The van der Waals surface area contributed by atoms with Crippen molar-refractivity contribution in [2.45, 2.75) is 12.2 Å². The van der Waals surface area contributed by atoms with E-state index in [1.165, 1.54) is 5.56 Å². The van der Waals surface area contributed by atoms with Gasteiger partial charge >= 0.3 is 0 Å². The van der Waals surface area contributed by atoms with Gasteiger partial charge in [-0.05, 0) is 29.9 Å². The number of methoxy groups -OCH3 is 1. The summed E-state index contributed by atoms with van der Waals surface area (Å²) in [6.45, 7) is 1.25. The summed E-state index contributed by atoms with van der Waals surface area (Å²) in [5.74, 6) is 8.08. The lowest BCUT2D eigenvalue weighted by molar-refractivity contribution is 0.200. The Bertz CT molecular complexity index is 381. The van der Waals surface area contributed by atoms with E-state index in [2.05, 4.69) is 24.0 Å². The maximum atomic E-state index is 5.35. The van der Waals surface area contributed by atoms with Crippen molar-refractivity contribution in [3.05, 3.63) is 35.4 Å². The Morgan fingerprint density at radius 1 is 1.41 bits per heavy atom. The molecule has 0 radical (unpaired) electrons. The first-order chi connectivity index (χ1) is 8.36. The van der Waals surface area contributed by atoms with Gasteiger partial charge in [0.15, 0.2) is 0 Å². The monoisotopic (exact) mass is 249 g/mol. The van der Waals surface area contributed by atoms with E-state index in [1.807, 2.05) is 23.9 Å². The second-order valence-electron chi connectivity index (χ2n) is 3.61. The molecule has 0 aromatic heterocycles. The molecule has 0 saturated carbocycles. The molecule has 0 bridgehead atoms. The molecular formula is C14H19NOS. The predicted molar refractivity (Wildman–Crippen MR) is 75.0 cm³/mol. The second-order valence-corrected chi connectivity index (χ2v) is 4.71. The molecule has 0 unspecified atom stereocenters. The number of nitrogens with two attached hydrogens (primary N) is 1. The highest BCUT2D eigenvalue weighted by Gasteiger charge is 1.95. The summed E-state index contributed by atoms with van der Waals surface area (Å²) in [4.78, 5) is 0. The number of thioether (sulfide) groups is 1. The van der Waals surface area contributed by atoms with E-state index >= 15 is 0 Å². The molecule has 0 heterocycles. The Kier molecular flexibility index (Phi) is 7.57. The Labute approximate surface area is 108 Å². The lowest BCUT2D eigenvalue weighted by Gasteiger charge is -2.02. The fourth-order valence-corrected chi connectivity index (χ4v) is 2.27. The van der Waals surface area contributed by atoms with Gasteiger partial charge < -0.3 is 10.5 Å². The normalized spacial score (nSPS) is 9.76. The Morgan fingerprint density at radius 3 is 3.06 bits per heavy atom. The van der Waals surface area contributed by atoms with Gasteiger partial charge in [-0.25, -0.2) is 0 Å². The number of rotatable bonds is 6. The molecule has 17 heavy (non-hydrogen) atoms. The molecule has 92 valence electrons. The molecule has 0 aliphatic rings. The Hall–Kier alpha value is -0.950. The maximum Gasteiger partial charge on any atom is 0.0555 e. The van der Waals surface area contributed by atoms with Crippen LogP contribution in [0.3, 0.4) is 0 Å². The third-order valence-electron chi connectivity index (χ3n) is 2.17. The van der Waals surface area contributed by atoms with Gasteiger partial charge in [0.25, 0.3) is 0 Å². The minimum absolute atomic E-state index is 0.413. The zero-order valence-electron chi connectivity index (χ0n) is 10.2. The fourth-order valence-electron chi connectivity index (χ4n) is 1.39. The molecule has 0 amide bonds. The van der Waals surface area contributed by atoms with Crippen LogP contribution >= 0.6 is 11.8 Å². The van der Waals surface area contributed by atoms with Crippen LogP contribution < -0.4 is 5.73 Å². The smallest absolute Gasteiger partial charge is 0.0555 e. The lowest BCUT2D eigenvalue weighted by atomic mass is 10.1. The highest BCUT2D eigenvalue weighted by atomic mass is 32.2. The van der Waals surface area contributed by atoms with Gasteiger partial charge in [-0.3, -0.25) is 0 Å². The standard InChI is InChI=1S/C14H19NOS/c1-16-9-4-10-17-12-14-6-2-5-13(11-14)7-3-8-15/h2,5-6,11H,4,8-10,12,15H2,1H3. The van der Waals surface area contributed by atoms with Crippen LogP contribution in [0.25, 0.3) is 0 Å². The average molecular weight is 249 g/mol.